The van der Waals surface area contributed by atoms with E-state index in [9.17, 15) is 14.7 Å². The van der Waals surface area contributed by atoms with Crippen molar-refractivity contribution < 1.29 is 19.4 Å². The highest BCUT2D eigenvalue weighted by molar-refractivity contribution is 8.00. The first-order valence-corrected chi connectivity index (χ1v) is 8.00. The molecule has 0 aromatic carbocycles. The van der Waals surface area contributed by atoms with Crippen molar-refractivity contribution in [2.24, 2.45) is 5.73 Å². The Hall–Kier alpha value is -2.32. The zero-order valence-electron chi connectivity index (χ0n) is 12.1. The molecule has 1 amide bonds. The minimum Gasteiger partial charge on any atom is -0.489 e. The molecule has 1 saturated heterocycles. The van der Waals surface area contributed by atoms with Crippen LogP contribution in [0.4, 0.5) is 0 Å². The summed E-state index contributed by atoms with van der Waals surface area (Å²) in [4.78, 5) is 28.5. The van der Waals surface area contributed by atoms with Crippen LogP contribution in [0.5, 0.6) is 5.75 Å². The Kier molecular flexibility index (Phi) is 4.35. The van der Waals surface area contributed by atoms with Gasteiger partial charge in [-0.3, -0.25) is 14.7 Å². The van der Waals surface area contributed by atoms with Crippen molar-refractivity contribution in [3.8, 4) is 5.75 Å². The maximum absolute atomic E-state index is 11.8. The van der Waals surface area contributed by atoms with Gasteiger partial charge in [-0.1, -0.05) is 6.08 Å². The number of carbonyl (C=O) groups excluding carboxylic acids is 1. The fourth-order valence-corrected chi connectivity index (χ4v) is 3.70. The number of pyridine rings is 1. The number of carbonyl (C=O) groups is 2. The number of rotatable bonds is 5. The van der Waals surface area contributed by atoms with Crippen LogP contribution in [0.15, 0.2) is 47.9 Å². The fourth-order valence-electron chi connectivity index (χ4n) is 2.44. The normalized spacial score (nSPS) is 23.7. The van der Waals surface area contributed by atoms with E-state index in [0.717, 1.165) is 0 Å². The van der Waals surface area contributed by atoms with E-state index in [0.29, 0.717) is 23.7 Å². The van der Waals surface area contributed by atoms with Crippen LogP contribution in [-0.4, -0.2) is 50.6 Å². The molecule has 2 atom stereocenters. The second-order valence-corrected chi connectivity index (χ2v) is 6.12. The third-order valence-corrected chi connectivity index (χ3v) is 4.88. The SMILES string of the molecule is N[C@@H]1C(=O)N2C(C(=O)O)=C(/C=C\COc3ccncc3)CS[C@H]12. The highest BCUT2D eigenvalue weighted by atomic mass is 32.2. The van der Waals surface area contributed by atoms with Crippen LogP contribution in [0.25, 0.3) is 0 Å². The van der Waals surface area contributed by atoms with Gasteiger partial charge in [-0.25, -0.2) is 4.79 Å². The number of nitrogens with two attached hydrogens (primary N) is 1. The number of ether oxygens (including phenoxy) is 1. The summed E-state index contributed by atoms with van der Waals surface area (Å²) in [6.07, 6.45) is 6.66. The number of hydrogen-bond donors (Lipinski definition) is 2. The molecule has 0 spiro atoms. The number of carboxylic acids is 1. The van der Waals surface area contributed by atoms with Gasteiger partial charge in [-0.2, -0.15) is 0 Å². The second-order valence-electron chi connectivity index (χ2n) is 5.01. The van der Waals surface area contributed by atoms with Crippen molar-refractivity contribution in [2.75, 3.05) is 12.4 Å². The fraction of sp³-hybridized carbons (Fsp3) is 0.267. The quantitative estimate of drug-likeness (QED) is 0.760. The first-order valence-electron chi connectivity index (χ1n) is 6.95. The summed E-state index contributed by atoms with van der Waals surface area (Å²) in [6, 6.07) is 2.85. The van der Waals surface area contributed by atoms with Gasteiger partial charge in [0.15, 0.2) is 0 Å². The van der Waals surface area contributed by atoms with E-state index in [1.807, 2.05) is 0 Å². The molecule has 7 nitrogen and oxygen atoms in total. The van der Waals surface area contributed by atoms with Crippen LogP contribution in [0, 0.1) is 0 Å². The van der Waals surface area contributed by atoms with E-state index >= 15 is 0 Å². The summed E-state index contributed by atoms with van der Waals surface area (Å²) >= 11 is 1.47. The molecule has 2 aliphatic rings. The maximum Gasteiger partial charge on any atom is 0.352 e. The average molecular weight is 333 g/mol. The maximum atomic E-state index is 11.8. The molecule has 3 N–H and O–H groups in total. The van der Waals surface area contributed by atoms with Gasteiger partial charge >= 0.3 is 5.97 Å². The van der Waals surface area contributed by atoms with Crippen molar-refractivity contribution in [2.45, 2.75) is 11.4 Å². The number of thioether (sulfide) groups is 1. The van der Waals surface area contributed by atoms with Crippen LogP contribution in [-0.2, 0) is 9.59 Å². The number of β-lactam (4-membered cyclic amide) rings is 1. The van der Waals surface area contributed by atoms with Crippen molar-refractivity contribution in [1.29, 1.82) is 0 Å². The van der Waals surface area contributed by atoms with Crippen LogP contribution in [0.1, 0.15) is 0 Å². The summed E-state index contributed by atoms with van der Waals surface area (Å²) in [5.41, 5.74) is 6.30. The van der Waals surface area contributed by atoms with Crippen molar-refractivity contribution in [3.63, 3.8) is 0 Å². The molecule has 3 rings (SSSR count). The number of aliphatic carboxylic acids is 1. The highest BCUT2D eigenvalue weighted by Crippen LogP contribution is 2.39. The molecular formula is C15H15N3O4S. The van der Waals surface area contributed by atoms with E-state index in [4.69, 9.17) is 10.5 Å². The Morgan fingerprint density at radius 1 is 1.52 bits per heavy atom. The van der Waals surface area contributed by atoms with E-state index in [-0.39, 0.29) is 17.0 Å². The molecule has 0 saturated carbocycles. The number of fused-ring (bicyclic) bond motifs is 1. The molecule has 2 aliphatic heterocycles. The van der Waals surface area contributed by atoms with E-state index in [1.54, 1.807) is 36.7 Å². The van der Waals surface area contributed by atoms with Crippen molar-refractivity contribution in [3.05, 3.63) is 47.9 Å². The number of hydrogen-bond acceptors (Lipinski definition) is 6. The molecule has 1 fully saturated rings. The number of aromatic nitrogens is 1. The lowest BCUT2D eigenvalue weighted by Crippen LogP contribution is -2.68. The monoisotopic (exact) mass is 333 g/mol. The predicted molar refractivity (Wildman–Crippen MR) is 84.6 cm³/mol. The molecule has 0 radical (unpaired) electrons. The molecule has 0 aliphatic carbocycles. The number of amides is 1. The molecule has 23 heavy (non-hydrogen) atoms. The predicted octanol–water partition coefficient (Wildman–Crippen LogP) is 0.598. The number of allylic oxidation sites excluding steroid dienone is 1. The third kappa shape index (κ3) is 2.95. The first kappa shape index (κ1) is 15.6. The molecular weight excluding hydrogens is 318 g/mol. The van der Waals surface area contributed by atoms with Gasteiger partial charge in [0.25, 0.3) is 0 Å². The van der Waals surface area contributed by atoms with Gasteiger partial charge in [-0.05, 0) is 23.8 Å². The van der Waals surface area contributed by atoms with E-state index in [2.05, 4.69) is 4.98 Å². The standard InChI is InChI=1S/C15H15N3O4S/c16-11-13(19)18-12(15(20)21)9(8-23-14(11)18)2-1-7-22-10-3-5-17-6-4-10/h1-6,11,14H,7-8,16H2,(H,20,21)/b2-1-/t11-,14-/m1/s1. The summed E-state index contributed by atoms with van der Waals surface area (Å²) < 4.78 is 5.49. The van der Waals surface area contributed by atoms with E-state index in [1.165, 1.54) is 16.7 Å². The third-order valence-electron chi connectivity index (χ3n) is 3.56. The molecule has 0 unspecified atom stereocenters. The molecule has 3 heterocycles. The summed E-state index contributed by atoms with van der Waals surface area (Å²) in [7, 11) is 0. The van der Waals surface area contributed by atoms with Gasteiger partial charge in [0.05, 0.1) is 0 Å². The first-order chi connectivity index (χ1) is 11.1. The van der Waals surface area contributed by atoms with E-state index < -0.39 is 12.0 Å². The lowest BCUT2D eigenvalue weighted by Gasteiger charge is -2.47. The zero-order valence-corrected chi connectivity index (χ0v) is 12.9. The second kappa shape index (κ2) is 6.43. The minimum absolute atomic E-state index is 0.0145. The Bertz CT molecular complexity index is 689. The van der Waals surface area contributed by atoms with Gasteiger partial charge in [0.1, 0.15) is 29.5 Å². The van der Waals surface area contributed by atoms with Gasteiger partial charge in [0, 0.05) is 18.1 Å². The average Bonchev–Trinajstić information content (AvgIpc) is 2.58. The number of nitrogens with zero attached hydrogens (tertiary/aromatic N) is 2. The van der Waals surface area contributed by atoms with Crippen LogP contribution < -0.4 is 10.5 Å². The molecule has 8 heteroatoms. The smallest absolute Gasteiger partial charge is 0.352 e. The van der Waals surface area contributed by atoms with Crippen molar-refractivity contribution in [1.82, 2.24) is 9.88 Å². The van der Waals surface area contributed by atoms with Crippen LogP contribution in [0.3, 0.4) is 0 Å². The van der Waals surface area contributed by atoms with Gasteiger partial charge in [-0.15, -0.1) is 11.8 Å². The number of carboxylic acid groups (broad SMARTS) is 1. The Balaban J connectivity index is 1.71. The minimum atomic E-state index is -1.12. The lowest BCUT2D eigenvalue weighted by molar-refractivity contribution is -0.147. The zero-order chi connectivity index (χ0) is 16.4. The summed E-state index contributed by atoms with van der Waals surface area (Å²) in [6.45, 7) is 0.294. The summed E-state index contributed by atoms with van der Waals surface area (Å²) in [5, 5.41) is 9.12. The molecule has 0 bridgehead atoms. The Morgan fingerprint density at radius 3 is 2.96 bits per heavy atom. The van der Waals surface area contributed by atoms with Gasteiger partial charge in [0.2, 0.25) is 5.91 Å². The van der Waals surface area contributed by atoms with Crippen LogP contribution in [0.2, 0.25) is 0 Å². The topological polar surface area (TPSA) is 106 Å². The summed E-state index contributed by atoms with van der Waals surface area (Å²) in [5.74, 6) is -0.293. The Labute approximate surface area is 136 Å². The highest BCUT2D eigenvalue weighted by Gasteiger charge is 2.51. The van der Waals surface area contributed by atoms with Crippen LogP contribution >= 0.6 is 11.8 Å². The molecule has 1 aromatic rings. The van der Waals surface area contributed by atoms with Crippen molar-refractivity contribution >= 4 is 23.6 Å². The Morgan fingerprint density at radius 2 is 2.26 bits per heavy atom. The molecule has 1 aromatic heterocycles. The largest absolute Gasteiger partial charge is 0.489 e. The lowest BCUT2D eigenvalue weighted by atomic mass is 10.0. The van der Waals surface area contributed by atoms with Gasteiger partial charge < -0.3 is 15.6 Å². The molecule has 120 valence electrons.